The van der Waals surface area contributed by atoms with E-state index in [0.29, 0.717) is 28.2 Å². The SMILES string of the molecule is Cc1ccc(S(=O)(=O)n2nc(Nc3ccccc3)c3c2CC(c2cccc(F)c2)(c2cccc(F)c2)C=C3)cc1. The van der Waals surface area contributed by atoms with E-state index in [1.165, 1.54) is 24.3 Å². The predicted molar refractivity (Wildman–Crippen MR) is 152 cm³/mol. The molecule has 0 fully saturated rings. The predicted octanol–water partition coefficient (Wildman–Crippen LogP) is 7.01. The Morgan fingerprint density at radius 3 is 2.05 bits per heavy atom. The second-order valence-electron chi connectivity index (χ2n) is 9.86. The third kappa shape index (κ3) is 4.50. The Kier molecular flexibility index (Phi) is 6.35. The fourth-order valence-corrected chi connectivity index (χ4v) is 6.51. The van der Waals surface area contributed by atoms with Crippen molar-refractivity contribution in [2.24, 2.45) is 0 Å². The number of nitrogens with zero attached hydrogens (tertiary/aromatic N) is 2. The fourth-order valence-electron chi connectivity index (χ4n) is 5.19. The maximum Gasteiger partial charge on any atom is 0.283 e. The van der Waals surface area contributed by atoms with Crippen LogP contribution in [0.1, 0.15) is 27.9 Å². The molecule has 1 aliphatic rings. The summed E-state index contributed by atoms with van der Waals surface area (Å²) in [5.74, 6) is -0.528. The zero-order chi connectivity index (χ0) is 27.9. The van der Waals surface area contributed by atoms with Crippen LogP contribution in [-0.4, -0.2) is 17.6 Å². The third-order valence-electron chi connectivity index (χ3n) is 7.23. The topological polar surface area (TPSA) is 64.0 Å². The quantitative estimate of drug-likeness (QED) is 0.246. The summed E-state index contributed by atoms with van der Waals surface area (Å²) in [5, 5.41) is 7.81. The number of fused-ring (bicyclic) bond motifs is 1. The van der Waals surface area contributed by atoms with Crippen molar-refractivity contribution in [3.05, 3.63) is 149 Å². The van der Waals surface area contributed by atoms with Crippen molar-refractivity contribution in [1.82, 2.24) is 9.19 Å². The van der Waals surface area contributed by atoms with Crippen molar-refractivity contribution in [1.29, 1.82) is 0 Å². The molecule has 1 N–H and O–H groups in total. The minimum absolute atomic E-state index is 0.0892. The summed E-state index contributed by atoms with van der Waals surface area (Å²) in [6.45, 7) is 1.88. The molecule has 40 heavy (non-hydrogen) atoms. The minimum atomic E-state index is -4.12. The molecule has 5 nitrogen and oxygen atoms in total. The zero-order valence-electron chi connectivity index (χ0n) is 21.6. The number of aryl methyl sites for hydroxylation is 1. The number of rotatable bonds is 6. The van der Waals surface area contributed by atoms with E-state index in [1.54, 1.807) is 54.6 Å². The molecule has 0 atom stereocenters. The van der Waals surface area contributed by atoms with Gasteiger partial charge in [0.15, 0.2) is 5.82 Å². The molecule has 0 unspecified atom stereocenters. The van der Waals surface area contributed by atoms with Crippen molar-refractivity contribution >= 4 is 27.6 Å². The highest BCUT2D eigenvalue weighted by Crippen LogP contribution is 2.44. The smallest absolute Gasteiger partial charge is 0.283 e. The number of aromatic nitrogens is 2. The molecule has 0 spiro atoms. The van der Waals surface area contributed by atoms with Gasteiger partial charge >= 0.3 is 0 Å². The summed E-state index contributed by atoms with van der Waals surface area (Å²) < 4.78 is 58.1. The van der Waals surface area contributed by atoms with Crippen LogP contribution >= 0.6 is 0 Å². The molecule has 1 aromatic heterocycles. The molecule has 0 bridgehead atoms. The van der Waals surface area contributed by atoms with Crippen molar-refractivity contribution in [2.45, 2.75) is 23.7 Å². The Balaban J connectivity index is 1.58. The number of hydrogen-bond donors (Lipinski definition) is 1. The second kappa shape index (κ2) is 9.88. The molecule has 0 saturated heterocycles. The van der Waals surface area contributed by atoms with Gasteiger partial charge in [0.25, 0.3) is 10.0 Å². The summed E-state index contributed by atoms with van der Waals surface area (Å²) in [6, 6.07) is 28.1. The van der Waals surface area contributed by atoms with Gasteiger partial charge in [0.1, 0.15) is 11.6 Å². The normalized spacial score (nSPS) is 14.1. The van der Waals surface area contributed by atoms with Crippen LogP contribution in [0.2, 0.25) is 0 Å². The van der Waals surface area contributed by atoms with Crippen LogP contribution in [-0.2, 0) is 21.9 Å². The average Bonchev–Trinajstić information content (AvgIpc) is 3.31. The third-order valence-corrected chi connectivity index (χ3v) is 8.86. The molecule has 0 aliphatic heterocycles. The summed E-state index contributed by atoms with van der Waals surface area (Å²) in [6.07, 6.45) is 3.76. The van der Waals surface area contributed by atoms with Gasteiger partial charge in [0.05, 0.1) is 10.6 Å². The first kappa shape index (κ1) is 25.7. The van der Waals surface area contributed by atoms with E-state index in [-0.39, 0.29) is 11.3 Å². The fraction of sp³-hybridized carbons (Fsp3) is 0.0938. The molecule has 0 amide bonds. The molecule has 8 heteroatoms. The Hall–Kier alpha value is -4.56. The van der Waals surface area contributed by atoms with Gasteiger partial charge in [0.2, 0.25) is 0 Å². The number of benzene rings is 4. The first-order chi connectivity index (χ1) is 19.3. The maximum atomic E-state index is 14.5. The van der Waals surface area contributed by atoms with Crippen LogP contribution < -0.4 is 5.32 Å². The van der Waals surface area contributed by atoms with Gasteiger partial charge in [-0.1, -0.05) is 72.3 Å². The number of hydrogen-bond acceptors (Lipinski definition) is 4. The van der Waals surface area contributed by atoms with E-state index in [2.05, 4.69) is 10.4 Å². The molecule has 0 saturated carbocycles. The van der Waals surface area contributed by atoms with Gasteiger partial charge in [-0.05, 0) is 66.6 Å². The van der Waals surface area contributed by atoms with Crippen molar-refractivity contribution < 1.29 is 17.2 Å². The zero-order valence-corrected chi connectivity index (χ0v) is 22.4. The van der Waals surface area contributed by atoms with Gasteiger partial charge in [-0.25, -0.2) is 8.78 Å². The van der Waals surface area contributed by atoms with Crippen LogP contribution in [0.3, 0.4) is 0 Å². The van der Waals surface area contributed by atoms with Gasteiger partial charge in [-0.2, -0.15) is 12.5 Å². The lowest BCUT2D eigenvalue weighted by Gasteiger charge is -2.35. The first-order valence-corrected chi connectivity index (χ1v) is 14.2. The van der Waals surface area contributed by atoms with Gasteiger partial charge in [-0.15, -0.1) is 5.10 Å². The summed E-state index contributed by atoms with van der Waals surface area (Å²) in [4.78, 5) is 0.0892. The Labute approximate surface area is 231 Å². The highest BCUT2D eigenvalue weighted by molar-refractivity contribution is 7.89. The number of nitrogens with one attached hydrogen (secondary N) is 1. The molecule has 200 valence electrons. The molecule has 1 heterocycles. The number of para-hydroxylation sites is 1. The van der Waals surface area contributed by atoms with Crippen molar-refractivity contribution in [2.75, 3.05) is 5.32 Å². The van der Waals surface area contributed by atoms with Crippen molar-refractivity contribution in [3.8, 4) is 0 Å². The molecule has 1 aliphatic carbocycles. The number of halogens is 2. The number of allylic oxidation sites excluding steroid dienone is 1. The molecule has 4 aromatic carbocycles. The van der Waals surface area contributed by atoms with Gasteiger partial charge in [-0.3, -0.25) is 0 Å². The van der Waals surface area contributed by atoms with Crippen LogP contribution in [0.5, 0.6) is 0 Å². The van der Waals surface area contributed by atoms with Crippen LogP contribution in [0.15, 0.2) is 114 Å². The van der Waals surface area contributed by atoms with Crippen molar-refractivity contribution in [3.63, 3.8) is 0 Å². The lowest BCUT2D eigenvalue weighted by atomic mass is 9.68. The van der Waals surface area contributed by atoms with Gasteiger partial charge < -0.3 is 5.32 Å². The minimum Gasteiger partial charge on any atom is -0.338 e. The van der Waals surface area contributed by atoms with E-state index in [4.69, 9.17) is 0 Å². The lowest BCUT2D eigenvalue weighted by molar-refractivity contribution is 0.558. The molecule has 0 radical (unpaired) electrons. The lowest BCUT2D eigenvalue weighted by Crippen LogP contribution is -2.33. The van der Waals surface area contributed by atoms with E-state index >= 15 is 0 Å². The van der Waals surface area contributed by atoms with E-state index in [1.807, 2.05) is 43.3 Å². The van der Waals surface area contributed by atoms with E-state index < -0.39 is 27.1 Å². The Bertz CT molecular complexity index is 1800. The van der Waals surface area contributed by atoms with E-state index in [0.717, 1.165) is 15.3 Å². The first-order valence-electron chi connectivity index (χ1n) is 12.7. The van der Waals surface area contributed by atoms with Gasteiger partial charge in [0, 0.05) is 23.1 Å². The highest BCUT2D eigenvalue weighted by atomic mass is 32.2. The molecule has 5 aromatic rings. The van der Waals surface area contributed by atoms with E-state index in [9.17, 15) is 17.2 Å². The molecule has 6 rings (SSSR count). The Morgan fingerprint density at radius 2 is 1.45 bits per heavy atom. The second-order valence-corrected chi connectivity index (χ2v) is 11.6. The summed E-state index contributed by atoms with van der Waals surface area (Å²) in [5.41, 5.74) is 2.73. The largest absolute Gasteiger partial charge is 0.338 e. The maximum absolute atomic E-state index is 14.5. The van der Waals surface area contributed by atoms with Crippen LogP contribution in [0, 0.1) is 18.6 Å². The summed E-state index contributed by atoms with van der Waals surface area (Å²) >= 11 is 0. The Morgan fingerprint density at radius 1 is 0.825 bits per heavy atom. The van der Waals surface area contributed by atoms with Crippen LogP contribution in [0.25, 0.3) is 6.08 Å². The van der Waals surface area contributed by atoms with Crippen LogP contribution in [0.4, 0.5) is 20.3 Å². The standard InChI is InChI=1S/C32H25F2N3O2S/c1-22-13-15-28(16-14-22)40(38,39)37-30-21-32(23-7-5-9-25(33)19-23,24-8-6-10-26(34)20-24)18-17-29(30)31(36-37)35-27-11-3-2-4-12-27/h2-20H,21H2,1H3,(H,35,36). The molecular weight excluding hydrogens is 528 g/mol. The number of anilines is 2. The monoisotopic (exact) mass is 553 g/mol. The molecular formula is C32H25F2N3O2S. The summed E-state index contributed by atoms with van der Waals surface area (Å²) in [7, 11) is -4.12. The highest BCUT2D eigenvalue weighted by Gasteiger charge is 2.40. The average molecular weight is 554 g/mol.